The minimum Gasteiger partial charge on any atom is -0.497 e. The monoisotopic (exact) mass is 544 g/mol. The van der Waals surface area contributed by atoms with E-state index >= 15 is 0 Å². The molecule has 0 N–H and O–H groups in total. The van der Waals surface area contributed by atoms with Crippen molar-refractivity contribution in [1.82, 2.24) is 4.57 Å². The van der Waals surface area contributed by atoms with Gasteiger partial charge in [0.15, 0.2) is 4.80 Å². The van der Waals surface area contributed by atoms with Gasteiger partial charge in [-0.2, -0.15) is 0 Å². The number of nitrogens with zero attached hydrogens (tertiary/aromatic N) is 2. The van der Waals surface area contributed by atoms with Gasteiger partial charge in [0.25, 0.3) is 5.56 Å². The van der Waals surface area contributed by atoms with Crippen LogP contribution in [0.5, 0.6) is 11.5 Å². The predicted octanol–water partition coefficient (Wildman–Crippen LogP) is 3.62. The molecule has 0 spiro atoms. The highest BCUT2D eigenvalue weighted by Gasteiger charge is 2.33. The Kier molecular flexibility index (Phi) is 7.29. The zero-order valence-corrected chi connectivity index (χ0v) is 22.2. The molecule has 3 heterocycles. The Morgan fingerprint density at radius 3 is 2.56 bits per heavy atom. The second-order valence-corrected chi connectivity index (χ2v) is 9.52. The molecule has 0 radical (unpaired) electrons. The molecule has 9 nitrogen and oxygen atoms in total. The number of thiazole rings is 1. The number of hydrogen-bond acceptors (Lipinski definition) is 9. The molecule has 198 valence electrons. The van der Waals surface area contributed by atoms with Crippen molar-refractivity contribution in [2.24, 2.45) is 4.99 Å². The van der Waals surface area contributed by atoms with Crippen LogP contribution >= 0.6 is 11.3 Å². The Balaban J connectivity index is 1.58. The van der Waals surface area contributed by atoms with Crippen molar-refractivity contribution in [2.75, 3.05) is 13.7 Å². The van der Waals surface area contributed by atoms with E-state index in [4.69, 9.17) is 18.6 Å². The van der Waals surface area contributed by atoms with Crippen molar-refractivity contribution in [1.29, 1.82) is 0 Å². The molecule has 0 aliphatic carbocycles. The second-order valence-electron chi connectivity index (χ2n) is 8.51. The molecular formula is C29H24N2O7S. The molecule has 0 amide bonds. The number of fused-ring (bicyclic) bond motifs is 1. The van der Waals surface area contributed by atoms with E-state index in [0.29, 0.717) is 43.2 Å². The number of hydrogen-bond donors (Lipinski definition) is 0. The highest BCUT2D eigenvalue weighted by molar-refractivity contribution is 7.07. The maximum absolute atomic E-state index is 13.8. The van der Waals surface area contributed by atoms with E-state index < -0.39 is 18.0 Å². The zero-order valence-electron chi connectivity index (χ0n) is 21.4. The van der Waals surface area contributed by atoms with Crippen molar-refractivity contribution in [3.8, 4) is 11.5 Å². The van der Waals surface area contributed by atoms with Crippen LogP contribution in [0.1, 0.15) is 41.6 Å². The third-order valence-corrected chi connectivity index (χ3v) is 7.02. The fourth-order valence-corrected chi connectivity index (χ4v) is 5.31. The summed E-state index contributed by atoms with van der Waals surface area (Å²) in [7, 11) is 1.57. The number of methoxy groups -OCH3 is 1. The van der Waals surface area contributed by atoms with E-state index in [0.717, 1.165) is 0 Å². The summed E-state index contributed by atoms with van der Waals surface area (Å²) in [4.78, 5) is 44.1. The number of esters is 2. The van der Waals surface area contributed by atoms with Crippen molar-refractivity contribution < 1.29 is 28.2 Å². The lowest BCUT2D eigenvalue weighted by Gasteiger charge is -2.24. The number of allylic oxidation sites excluding steroid dienone is 1. The maximum atomic E-state index is 13.8. The fraction of sp³-hybridized carbons (Fsp3) is 0.172. The normalized spacial score (nSPS) is 14.9. The summed E-state index contributed by atoms with van der Waals surface area (Å²) in [5.41, 5.74) is 1.83. The molecular weight excluding hydrogens is 520 g/mol. The lowest BCUT2D eigenvalue weighted by Crippen LogP contribution is -2.39. The van der Waals surface area contributed by atoms with Gasteiger partial charge in [-0.25, -0.2) is 14.6 Å². The van der Waals surface area contributed by atoms with Gasteiger partial charge in [-0.05, 0) is 67.4 Å². The summed E-state index contributed by atoms with van der Waals surface area (Å²) in [6.07, 6.45) is 3.09. The predicted molar refractivity (Wildman–Crippen MR) is 144 cm³/mol. The van der Waals surface area contributed by atoms with Gasteiger partial charge < -0.3 is 18.6 Å². The van der Waals surface area contributed by atoms with Crippen LogP contribution in [-0.4, -0.2) is 30.2 Å². The third-order valence-electron chi connectivity index (χ3n) is 6.04. The SMILES string of the molecule is CCOC(=O)C1=C(C)N=c2s/c(=C/c3cccc(OC(=O)c4ccco4)c3)c(=O)n2C1c1ccc(OC)cc1. The van der Waals surface area contributed by atoms with Gasteiger partial charge in [0.2, 0.25) is 5.76 Å². The highest BCUT2D eigenvalue weighted by atomic mass is 32.1. The van der Waals surface area contributed by atoms with E-state index in [1.54, 1.807) is 69.5 Å². The molecule has 0 saturated heterocycles. The van der Waals surface area contributed by atoms with Gasteiger partial charge in [-0.15, -0.1) is 0 Å². The van der Waals surface area contributed by atoms with Gasteiger partial charge in [-0.1, -0.05) is 35.6 Å². The molecule has 4 aromatic rings. The molecule has 10 heteroatoms. The van der Waals surface area contributed by atoms with E-state index in [1.165, 1.54) is 28.2 Å². The van der Waals surface area contributed by atoms with Crippen molar-refractivity contribution >= 4 is 29.4 Å². The first kappa shape index (κ1) is 25.9. The first-order valence-corrected chi connectivity index (χ1v) is 12.9. The Morgan fingerprint density at radius 2 is 1.87 bits per heavy atom. The summed E-state index contributed by atoms with van der Waals surface area (Å²) < 4.78 is 23.0. The van der Waals surface area contributed by atoms with Crippen LogP contribution < -0.4 is 24.4 Å². The number of rotatable bonds is 7. The number of ether oxygens (including phenoxy) is 3. The van der Waals surface area contributed by atoms with E-state index in [1.807, 2.05) is 12.1 Å². The largest absolute Gasteiger partial charge is 0.497 e. The smallest absolute Gasteiger partial charge is 0.379 e. The van der Waals surface area contributed by atoms with Gasteiger partial charge in [0.1, 0.15) is 11.5 Å². The van der Waals surface area contributed by atoms with Crippen LogP contribution in [0.25, 0.3) is 6.08 Å². The molecule has 5 rings (SSSR count). The summed E-state index contributed by atoms with van der Waals surface area (Å²) in [6.45, 7) is 3.65. The number of benzene rings is 2. The summed E-state index contributed by atoms with van der Waals surface area (Å²) in [5, 5.41) is 0. The molecule has 2 aromatic heterocycles. The van der Waals surface area contributed by atoms with Gasteiger partial charge in [0, 0.05) is 0 Å². The Morgan fingerprint density at radius 1 is 1.08 bits per heavy atom. The maximum Gasteiger partial charge on any atom is 0.379 e. The molecule has 0 fully saturated rings. The average molecular weight is 545 g/mol. The molecule has 39 heavy (non-hydrogen) atoms. The molecule has 0 saturated carbocycles. The molecule has 1 unspecified atom stereocenters. The number of carbonyl (C=O) groups is 2. The van der Waals surface area contributed by atoms with Crippen molar-refractivity contribution in [3.63, 3.8) is 0 Å². The first-order valence-electron chi connectivity index (χ1n) is 12.1. The van der Waals surface area contributed by atoms with Gasteiger partial charge in [-0.3, -0.25) is 9.36 Å². The fourth-order valence-electron chi connectivity index (χ4n) is 4.26. The van der Waals surface area contributed by atoms with Crippen LogP contribution in [0.15, 0.2) is 92.4 Å². The van der Waals surface area contributed by atoms with Crippen LogP contribution in [-0.2, 0) is 9.53 Å². The van der Waals surface area contributed by atoms with Crippen LogP contribution in [0.2, 0.25) is 0 Å². The Hall–Kier alpha value is -4.70. The Labute approximate surface area is 226 Å². The first-order chi connectivity index (χ1) is 18.9. The highest BCUT2D eigenvalue weighted by Crippen LogP contribution is 2.31. The minimum atomic E-state index is -0.728. The van der Waals surface area contributed by atoms with Gasteiger partial charge in [0.05, 0.1) is 41.8 Å². The van der Waals surface area contributed by atoms with E-state index in [9.17, 15) is 14.4 Å². The number of furan rings is 1. The van der Waals surface area contributed by atoms with Gasteiger partial charge >= 0.3 is 11.9 Å². The topological polar surface area (TPSA) is 109 Å². The molecule has 0 bridgehead atoms. The summed E-state index contributed by atoms with van der Waals surface area (Å²) in [5.74, 6) is -0.121. The standard InChI is InChI=1S/C29H24N2O7S/c1-4-36-28(34)24-17(2)30-29-31(25(24)19-10-12-20(35-3)13-11-19)26(32)23(39-29)16-18-7-5-8-21(15-18)38-27(33)22-9-6-14-37-22/h5-16,25H,4H2,1-3H3/b23-16+. The lowest BCUT2D eigenvalue weighted by atomic mass is 9.96. The zero-order chi connectivity index (χ0) is 27.5. The summed E-state index contributed by atoms with van der Waals surface area (Å²) >= 11 is 1.21. The summed E-state index contributed by atoms with van der Waals surface area (Å²) in [6, 6.07) is 16.4. The average Bonchev–Trinajstić information content (AvgIpc) is 3.57. The minimum absolute atomic E-state index is 0.0834. The van der Waals surface area contributed by atoms with Crippen LogP contribution in [0, 0.1) is 0 Å². The van der Waals surface area contributed by atoms with Crippen LogP contribution in [0.3, 0.4) is 0 Å². The quantitative estimate of drug-likeness (QED) is 0.258. The lowest BCUT2D eigenvalue weighted by molar-refractivity contribution is -0.139. The molecule has 2 aromatic carbocycles. The molecule has 1 atom stereocenters. The van der Waals surface area contributed by atoms with E-state index in [-0.39, 0.29) is 17.9 Å². The second kappa shape index (κ2) is 11.0. The van der Waals surface area contributed by atoms with Crippen molar-refractivity contribution in [3.05, 3.63) is 115 Å². The Bertz CT molecular complexity index is 1750. The number of aromatic nitrogens is 1. The number of carbonyl (C=O) groups excluding carboxylic acids is 2. The molecule has 1 aliphatic heterocycles. The van der Waals surface area contributed by atoms with E-state index in [2.05, 4.69) is 4.99 Å². The third kappa shape index (κ3) is 5.19. The van der Waals surface area contributed by atoms with Crippen LogP contribution in [0.4, 0.5) is 0 Å². The molecule has 1 aliphatic rings. The van der Waals surface area contributed by atoms with Crippen molar-refractivity contribution in [2.45, 2.75) is 19.9 Å².